The van der Waals surface area contributed by atoms with Gasteiger partial charge in [-0.1, -0.05) is 0 Å². The summed E-state index contributed by atoms with van der Waals surface area (Å²) in [4.78, 5) is 27.9. The first-order valence-corrected chi connectivity index (χ1v) is 10.5. The van der Waals surface area contributed by atoms with Crippen LogP contribution in [-0.4, -0.2) is 24.4 Å². The molecule has 2 aromatic carbocycles. The number of carbonyl (C=O) groups excluding carboxylic acids is 2. The van der Waals surface area contributed by atoms with Crippen LogP contribution in [0.15, 0.2) is 47.1 Å². The van der Waals surface area contributed by atoms with Crippen molar-refractivity contribution in [2.45, 2.75) is 13.8 Å². The quantitative estimate of drug-likeness (QED) is 0.217. The van der Waals surface area contributed by atoms with E-state index in [1.165, 1.54) is 6.92 Å². The predicted molar refractivity (Wildman–Crippen MR) is 121 cm³/mol. The van der Waals surface area contributed by atoms with E-state index in [-0.39, 0.29) is 11.6 Å². The zero-order valence-corrected chi connectivity index (χ0v) is 19.3. The summed E-state index contributed by atoms with van der Waals surface area (Å²) in [5.41, 5.74) is 1.60. The van der Waals surface area contributed by atoms with E-state index in [0.717, 1.165) is 9.13 Å². The fourth-order valence-electron chi connectivity index (χ4n) is 2.46. The number of hydrogen-bond acceptors (Lipinski definition) is 6. The van der Waals surface area contributed by atoms with Crippen LogP contribution in [0.4, 0.5) is 0 Å². The molecule has 8 heteroatoms. The maximum atomic E-state index is 12.2. The second-order valence-electron chi connectivity index (χ2n) is 5.70. The Balaban J connectivity index is 1.96. The van der Waals surface area contributed by atoms with Gasteiger partial charge >= 0.3 is 11.9 Å². The van der Waals surface area contributed by atoms with Gasteiger partial charge < -0.3 is 14.2 Å². The summed E-state index contributed by atoms with van der Waals surface area (Å²) in [5.74, 6) is 0.0874. The molecule has 0 aliphatic carbocycles. The number of nitrogens with zero attached hydrogens (tertiary/aromatic N) is 1. The molecular weight excluding hydrogens is 588 g/mol. The van der Waals surface area contributed by atoms with Crippen LogP contribution < -0.4 is 9.47 Å². The number of hydrogen-bond donors (Lipinski definition) is 0. The summed E-state index contributed by atoms with van der Waals surface area (Å²) in [5, 5.41) is 0. The van der Waals surface area contributed by atoms with E-state index in [9.17, 15) is 9.59 Å². The van der Waals surface area contributed by atoms with E-state index in [1.54, 1.807) is 18.2 Å². The number of rotatable bonds is 5. The molecule has 0 aromatic heterocycles. The van der Waals surface area contributed by atoms with Crippen molar-refractivity contribution in [1.82, 2.24) is 0 Å². The third-order valence-electron chi connectivity index (χ3n) is 3.59. The fourth-order valence-corrected chi connectivity index (χ4v) is 3.56. The van der Waals surface area contributed by atoms with E-state index in [2.05, 4.69) is 50.2 Å². The number of benzene rings is 2. The molecule has 0 spiro atoms. The van der Waals surface area contributed by atoms with Crippen molar-refractivity contribution >= 4 is 69.1 Å². The summed E-state index contributed by atoms with van der Waals surface area (Å²) >= 11 is 4.26. The second kappa shape index (κ2) is 9.03. The van der Waals surface area contributed by atoms with Crippen molar-refractivity contribution in [2.75, 3.05) is 6.61 Å². The first-order valence-electron chi connectivity index (χ1n) is 8.30. The third-order valence-corrected chi connectivity index (χ3v) is 5.11. The molecule has 0 amide bonds. The first kappa shape index (κ1) is 20.8. The van der Waals surface area contributed by atoms with Gasteiger partial charge in [-0.15, -0.1) is 0 Å². The molecule has 1 aliphatic rings. The molecule has 28 heavy (non-hydrogen) atoms. The number of halogens is 2. The van der Waals surface area contributed by atoms with E-state index < -0.39 is 11.9 Å². The molecular formula is C20H15I2NO5. The molecule has 1 aliphatic heterocycles. The van der Waals surface area contributed by atoms with E-state index >= 15 is 0 Å². The van der Waals surface area contributed by atoms with Gasteiger partial charge in [0.05, 0.1) is 10.2 Å². The standard InChI is InChI=1S/C20H15I2NO5/c1-3-26-17-10-12(8-15(22)18(17)27-11(2)24)9-16-20(25)28-19(23-16)13-4-6-14(21)7-5-13/h4-10H,3H2,1-2H3. The second-order valence-corrected chi connectivity index (χ2v) is 8.11. The molecule has 144 valence electrons. The van der Waals surface area contributed by atoms with Gasteiger partial charge in [0.2, 0.25) is 5.90 Å². The van der Waals surface area contributed by atoms with Crippen molar-refractivity contribution in [3.8, 4) is 11.5 Å². The number of carbonyl (C=O) groups is 2. The van der Waals surface area contributed by atoms with Crippen LogP contribution in [-0.2, 0) is 14.3 Å². The van der Waals surface area contributed by atoms with Gasteiger partial charge in [-0.3, -0.25) is 4.79 Å². The Labute approximate surface area is 189 Å². The average molecular weight is 603 g/mol. The van der Waals surface area contributed by atoms with E-state index in [1.807, 2.05) is 31.2 Å². The third kappa shape index (κ3) is 4.90. The molecule has 0 saturated carbocycles. The molecule has 2 aromatic rings. The minimum absolute atomic E-state index is 0.187. The van der Waals surface area contributed by atoms with E-state index in [0.29, 0.717) is 27.2 Å². The monoisotopic (exact) mass is 603 g/mol. The van der Waals surface area contributed by atoms with Crippen molar-refractivity contribution in [3.05, 3.63) is 60.4 Å². The summed E-state index contributed by atoms with van der Waals surface area (Å²) in [6.45, 7) is 3.57. The highest BCUT2D eigenvalue weighted by Gasteiger charge is 2.24. The lowest BCUT2D eigenvalue weighted by Gasteiger charge is -2.12. The van der Waals surface area contributed by atoms with Gasteiger partial charge in [-0.2, -0.15) is 0 Å². The normalized spacial score (nSPS) is 14.6. The smallest absolute Gasteiger partial charge is 0.363 e. The van der Waals surface area contributed by atoms with Crippen LogP contribution in [0.1, 0.15) is 25.0 Å². The van der Waals surface area contributed by atoms with Gasteiger partial charge in [0, 0.05) is 16.1 Å². The largest absolute Gasteiger partial charge is 0.490 e. The summed E-state index contributed by atoms with van der Waals surface area (Å²) in [6, 6.07) is 11.0. The summed E-state index contributed by atoms with van der Waals surface area (Å²) in [7, 11) is 0. The minimum atomic E-state index is -0.523. The van der Waals surface area contributed by atoms with Crippen LogP contribution in [0.3, 0.4) is 0 Å². The van der Waals surface area contributed by atoms with Gasteiger partial charge in [-0.05, 0) is 100 Å². The lowest BCUT2D eigenvalue weighted by molar-refractivity contribution is -0.132. The number of ether oxygens (including phenoxy) is 3. The molecule has 0 fully saturated rings. The molecule has 0 bridgehead atoms. The maximum Gasteiger partial charge on any atom is 0.363 e. The molecule has 3 rings (SSSR count). The Bertz CT molecular complexity index is 996. The SMILES string of the molecule is CCOc1cc(C=C2N=C(c3ccc(I)cc3)OC2=O)cc(I)c1OC(C)=O. The number of cyclic esters (lactones) is 1. The van der Waals surface area contributed by atoms with Crippen LogP contribution in [0.25, 0.3) is 6.08 Å². The molecule has 0 unspecified atom stereocenters. The molecule has 6 nitrogen and oxygen atoms in total. The van der Waals surface area contributed by atoms with Crippen molar-refractivity contribution in [2.24, 2.45) is 4.99 Å². The molecule has 0 saturated heterocycles. The minimum Gasteiger partial charge on any atom is -0.490 e. The Morgan fingerprint density at radius 3 is 2.57 bits per heavy atom. The summed E-state index contributed by atoms with van der Waals surface area (Å²) in [6.07, 6.45) is 1.62. The first-order chi connectivity index (χ1) is 13.4. The van der Waals surface area contributed by atoms with Gasteiger partial charge in [0.15, 0.2) is 17.2 Å². The van der Waals surface area contributed by atoms with Gasteiger partial charge in [0.1, 0.15) is 0 Å². The number of esters is 2. The summed E-state index contributed by atoms with van der Waals surface area (Å²) < 4.78 is 17.9. The zero-order chi connectivity index (χ0) is 20.3. The van der Waals surface area contributed by atoms with Crippen LogP contribution in [0, 0.1) is 7.14 Å². The highest BCUT2D eigenvalue weighted by molar-refractivity contribution is 14.1. The van der Waals surface area contributed by atoms with Crippen molar-refractivity contribution in [1.29, 1.82) is 0 Å². The van der Waals surface area contributed by atoms with Crippen LogP contribution in [0.2, 0.25) is 0 Å². The highest BCUT2D eigenvalue weighted by Crippen LogP contribution is 2.35. The van der Waals surface area contributed by atoms with Crippen LogP contribution in [0.5, 0.6) is 11.5 Å². The topological polar surface area (TPSA) is 74.2 Å². The zero-order valence-electron chi connectivity index (χ0n) is 15.0. The Morgan fingerprint density at radius 2 is 1.93 bits per heavy atom. The fraction of sp³-hybridized carbons (Fsp3) is 0.150. The maximum absolute atomic E-state index is 12.2. The highest BCUT2D eigenvalue weighted by atomic mass is 127. The van der Waals surface area contributed by atoms with Gasteiger partial charge in [-0.25, -0.2) is 9.79 Å². The average Bonchev–Trinajstić information content (AvgIpc) is 2.99. The Hall–Kier alpha value is -1.95. The van der Waals surface area contributed by atoms with Crippen molar-refractivity contribution in [3.63, 3.8) is 0 Å². The lowest BCUT2D eigenvalue weighted by Crippen LogP contribution is -2.06. The van der Waals surface area contributed by atoms with Crippen molar-refractivity contribution < 1.29 is 23.8 Å². The molecule has 0 radical (unpaired) electrons. The molecule has 1 heterocycles. The predicted octanol–water partition coefficient (Wildman–Crippen LogP) is 4.56. The molecule has 0 N–H and O–H groups in total. The van der Waals surface area contributed by atoms with Crippen LogP contribution >= 0.6 is 45.2 Å². The Kier molecular flexibility index (Phi) is 6.70. The molecule has 0 atom stereocenters. The lowest BCUT2D eigenvalue weighted by atomic mass is 10.1. The van der Waals surface area contributed by atoms with E-state index in [4.69, 9.17) is 14.2 Å². The van der Waals surface area contributed by atoms with Gasteiger partial charge in [0.25, 0.3) is 0 Å². The number of aliphatic imine (C=N–C) groups is 1. The Morgan fingerprint density at radius 1 is 1.21 bits per heavy atom.